The maximum Gasteiger partial charge on any atom is 0.249 e. The van der Waals surface area contributed by atoms with Gasteiger partial charge in [0.25, 0.3) is 0 Å². The topological polar surface area (TPSA) is 53.0 Å². The van der Waals surface area contributed by atoms with E-state index in [4.69, 9.17) is 4.99 Å². The molecule has 2 amide bonds. The first-order valence-corrected chi connectivity index (χ1v) is 11.8. The average molecular weight is 422 g/mol. The molecule has 1 saturated heterocycles. The van der Waals surface area contributed by atoms with E-state index in [2.05, 4.69) is 31.2 Å². The molecule has 1 aliphatic carbocycles. The molecule has 0 atom stereocenters. The van der Waals surface area contributed by atoms with Gasteiger partial charge in [-0.25, -0.2) is 0 Å². The molecule has 0 N–H and O–H groups in total. The molecule has 3 heterocycles. The molecular weight excluding hydrogens is 394 g/mol. The van der Waals surface area contributed by atoms with Gasteiger partial charge in [0, 0.05) is 29.1 Å². The Labute approximate surface area is 181 Å². The summed E-state index contributed by atoms with van der Waals surface area (Å²) >= 11 is 1.69. The highest BCUT2D eigenvalue weighted by Crippen LogP contribution is 2.43. The van der Waals surface area contributed by atoms with E-state index in [-0.39, 0.29) is 24.9 Å². The van der Waals surface area contributed by atoms with Crippen molar-refractivity contribution in [3.8, 4) is 0 Å². The highest BCUT2D eigenvalue weighted by molar-refractivity contribution is 7.17. The van der Waals surface area contributed by atoms with Crippen LogP contribution in [0.2, 0.25) is 0 Å². The first-order chi connectivity index (χ1) is 14.6. The first kappa shape index (κ1) is 19.5. The predicted octanol–water partition coefficient (Wildman–Crippen LogP) is 3.74. The van der Waals surface area contributed by atoms with Gasteiger partial charge in [0.05, 0.1) is 5.71 Å². The Kier molecular flexibility index (Phi) is 5.19. The lowest BCUT2D eigenvalue weighted by Gasteiger charge is -2.29. The van der Waals surface area contributed by atoms with Crippen LogP contribution in [0.5, 0.6) is 0 Å². The SMILES string of the molecule is Cc1ccc(C2=NCC(=O)N(CC(=O)N3CCCCC3)c3sc4c(c32)CCC4)cc1. The fraction of sp³-hybridized carbons (Fsp3) is 0.458. The Balaban J connectivity index is 1.54. The molecule has 5 nitrogen and oxygen atoms in total. The van der Waals surface area contributed by atoms with E-state index in [0.717, 1.165) is 67.0 Å². The van der Waals surface area contributed by atoms with E-state index in [1.54, 1.807) is 16.2 Å². The quantitative estimate of drug-likeness (QED) is 0.758. The van der Waals surface area contributed by atoms with Gasteiger partial charge in [-0.1, -0.05) is 29.8 Å². The normalized spacial score (nSPS) is 18.7. The molecule has 2 aromatic rings. The van der Waals surface area contributed by atoms with E-state index in [0.29, 0.717) is 0 Å². The largest absolute Gasteiger partial charge is 0.341 e. The standard InChI is InChI=1S/C24H27N3O2S/c1-16-8-10-17(11-9-16)23-22-18-6-5-7-19(18)30-24(22)27(20(28)14-25-23)15-21(29)26-12-3-2-4-13-26/h8-11H,2-7,12-15H2,1H3. The lowest BCUT2D eigenvalue weighted by molar-refractivity contribution is -0.132. The predicted molar refractivity (Wildman–Crippen MR) is 121 cm³/mol. The maximum atomic E-state index is 13.1. The van der Waals surface area contributed by atoms with Gasteiger partial charge >= 0.3 is 0 Å². The molecule has 0 spiro atoms. The van der Waals surface area contributed by atoms with Crippen molar-refractivity contribution in [2.24, 2.45) is 4.99 Å². The summed E-state index contributed by atoms with van der Waals surface area (Å²) in [6, 6.07) is 8.37. The molecule has 1 aromatic carbocycles. The molecule has 3 aliphatic rings. The molecule has 2 aliphatic heterocycles. The number of thiophene rings is 1. The molecule has 0 saturated carbocycles. The van der Waals surface area contributed by atoms with Crippen LogP contribution in [-0.2, 0) is 22.4 Å². The zero-order valence-electron chi connectivity index (χ0n) is 17.4. The highest BCUT2D eigenvalue weighted by Gasteiger charge is 2.34. The minimum absolute atomic E-state index is 0.0568. The second-order valence-corrected chi connectivity index (χ2v) is 9.57. The van der Waals surface area contributed by atoms with Crippen molar-refractivity contribution < 1.29 is 9.59 Å². The van der Waals surface area contributed by atoms with E-state index < -0.39 is 0 Å². The number of nitrogens with zero attached hydrogens (tertiary/aromatic N) is 3. The second-order valence-electron chi connectivity index (χ2n) is 8.49. The number of piperidine rings is 1. The van der Waals surface area contributed by atoms with Crippen LogP contribution in [0.15, 0.2) is 29.3 Å². The highest BCUT2D eigenvalue weighted by atomic mass is 32.1. The van der Waals surface area contributed by atoms with Crippen LogP contribution >= 0.6 is 11.3 Å². The van der Waals surface area contributed by atoms with Gasteiger partial charge in [-0.05, 0) is 51.0 Å². The number of hydrogen-bond acceptors (Lipinski definition) is 4. The van der Waals surface area contributed by atoms with Crippen LogP contribution < -0.4 is 4.90 Å². The van der Waals surface area contributed by atoms with Crippen molar-refractivity contribution in [2.75, 3.05) is 31.1 Å². The van der Waals surface area contributed by atoms with E-state index in [1.165, 1.54) is 22.4 Å². The van der Waals surface area contributed by atoms with Crippen LogP contribution in [0.4, 0.5) is 5.00 Å². The number of aryl methyl sites for hydroxylation is 2. The molecule has 156 valence electrons. The van der Waals surface area contributed by atoms with Crippen molar-refractivity contribution in [3.63, 3.8) is 0 Å². The molecule has 0 unspecified atom stereocenters. The van der Waals surface area contributed by atoms with Crippen LogP contribution in [0.1, 0.15) is 52.8 Å². The van der Waals surface area contributed by atoms with Gasteiger partial charge in [-0.3, -0.25) is 19.5 Å². The van der Waals surface area contributed by atoms with E-state index in [9.17, 15) is 9.59 Å². The summed E-state index contributed by atoms with van der Waals surface area (Å²) in [4.78, 5) is 35.9. The Morgan fingerprint density at radius 1 is 1.07 bits per heavy atom. The summed E-state index contributed by atoms with van der Waals surface area (Å²) < 4.78 is 0. The summed E-state index contributed by atoms with van der Waals surface area (Å²) in [5.41, 5.74) is 5.58. The molecular formula is C24H27N3O2S. The number of rotatable bonds is 3. The first-order valence-electron chi connectivity index (χ1n) is 11.0. The lowest BCUT2D eigenvalue weighted by atomic mass is 9.98. The summed E-state index contributed by atoms with van der Waals surface area (Å²) in [5, 5.41) is 0.923. The van der Waals surface area contributed by atoms with Crippen molar-refractivity contribution in [1.82, 2.24) is 4.90 Å². The third kappa shape index (κ3) is 3.47. The van der Waals surface area contributed by atoms with Crippen LogP contribution in [0.25, 0.3) is 0 Å². The minimum atomic E-state index is -0.0800. The summed E-state index contributed by atoms with van der Waals surface area (Å²) in [6.45, 7) is 3.90. The van der Waals surface area contributed by atoms with Crippen molar-refractivity contribution in [2.45, 2.75) is 45.4 Å². The van der Waals surface area contributed by atoms with Crippen LogP contribution in [0.3, 0.4) is 0 Å². The Bertz CT molecular complexity index is 1020. The van der Waals surface area contributed by atoms with Gasteiger partial charge < -0.3 is 4.90 Å². The Morgan fingerprint density at radius 2 is 1.83 bits per heavy atom. The third-order valence-electron chi connectivity index (χ3n) is 6.39. The molecule has 5 rings (SSSR count). The van der Waals surface area contributed by atoms with Gasteiger partial charge in [-0.2, -0.15) is 0 Å². The van der Waals surface area contributed by atoms with Crippen molar-refractivity contribution >= 4 is 33.9 Å². The van der Waals surface area contributed by atoms with Gasteiger partial charge in [-0.15, -0.1) is 11.3 Å². The molecule has 6 heteroatoms. The van der Waals surface area contributed by atoms with Crippen LogP contribution in [-0.4, -0.2) is 48.6 Å². The average Bonchev–Trinajstić information content (AvgIpc) is 3.32. The fourth-order valence-corrected chi connectivity index (χ4v) is 6.14. The summed E-state index contributed by atoms with van der Waals surface area (Å²) in [6.07, 6.45) is 6.51. The van der Waals surface area contributed by atoms with E-state index in [1.807, 2.05) is 4.90 Å². The summed E-state index contributed by atoms with van der Waals surface area (Å²) in [5.74, 6) is -0.0232. The zero-order valence-corrected chi connectivity index (χ0v) is 18.3. The number of carbonyl (C=O) groups is 2. The third-order valence-corrected chi connectivity index (χ3v) is 7.70. The second kappa shape index (κ2) is 7.99. The number of amides is 2. The van der Waals surface area contributed by atoms with E-state index >= 15 is 0 Å². The molecule has 1 aromatic heterocycles. The Morgan fingerprint density at radius 3 is 2.60 bits per heavy atom. The minimum Gasteiger partial charge on any atom is -0.341 e. The van der Waals surface area contributed by atoms with Crippen molar-refractivity contribution in [1.29, 1.82) is 0 Å². The van der Waals surface area contributed by atoms with Crippen LogP contribution in [0, 0.1) is 6.92 Å². The van der Waals surface area contributed by atoms with Gasteiger partial charge in [0.1, 0.15) is 18.1 Å². The van der Waals surface area contributed by atoms with Gasteiger partial charge in [0.2, 0.25) is 11.8 Å². The molecule has 1 fully saturated rings. The number of carbonyl (C=O) groups excluding carboxylic acids is 2. The maximum absolute atomic E-state index is 13.1. The summed E-state index contributed by atoms with van der Waals surface area (Å²) in [7, 11) is 0. The lowest BCUT2D eigenvalue weighted by Crippen LogP contribution is -2.45. The smallest absolute Gasteiger partial charge is 0.249 e. The molecule has 30 heavy (non-hydrogen) atoms. The number of hydrogen-bond donors (Lipinski definition) is 0. The number of anilines is 1. The molecule has 0 radical (unpaired) electrons. The number of likely N-dealkylation sites (tertiary alicyclic amines) is 1. The zero-order chi connectivity index (χ0) is 20.7. The monoisotopic (exact) mass is 421 g/mol. The molecule has 0 bridgehead atoms. The number of aliphatic imine (C=N–C) groups is 1. The Hall–Kier alpha value is -2.47. The van der Waals surface area contributed by atoms with Gasteiger partial charge in [0.15, 0.2) is 0 Å². The van der Waals surface area contributed by atoms with Crippen molar-refractivity contribution in [3.05, 3.63) is 51.4 Å². The number of fused-ring (bicyclic) bond motifs is 3. The number of benzene rings is 1. The fourth-order valence-electron chi connectivity index (χ4n) is 4.73.